The molecule has 0 amide bonds. The van der Waals surface area contributed by atoms with E-state index in [1.165, 1.54) is 22.7 Å². The van der Waals surface area contributed by atoms with Crippen LogP contribution in [-0.4, -0.2) is 58.5 Å². The summed E-state index contributed by atoms with van der Waals surface area (Å²) < 4.78 is 49.6. The van der Waals surface area contributed by atoms with E-state index in [-0.39, 0.29) is 23.7 Å². The summed E-state index contributed by atoms with van der Waals surface area (Å²) in [6.45, 7) is 1.16. The van der Waals surface area contributed by atoms with Crippen LogP contribution in [0.1, 0.15) is 25.7 Å². The molecule has 0 radical (unpaired) electrons. The molecule has 1 aromatic carbocycles. The van der Waals surface area contributed by atoms with Gasteiger partial charge in [-0.25, -0.2) is 0 Å². The number of benzene rings is 1. The number of ether oxygens (including phenoxy) is 2. The molecule has 3 heterocycles. The van der Waals surface area contributed by atoms with E-state index in [2.05, 4.69) is 25.2 Å². The summed E-state index contributed by atoms with van der Waals surface area (Å²) in [5.41, 5.74) is 7.61. The molecule has 0 saturated heterocycles. The lowest BCUT2D eigenvalue weighted by atomic mass is 9.92. The molecule has 33 heavy (non-hydrogen) atoms. The quantitative estimate of drug-likeness (QED) is 0.608. The van der Waals surface area contributed by atoms with Gasteiger partial charge in [-0.15, -0.1) is 28.5 Å². The predicted molar refractivity (Wildman–Crippen MR) is 116 cm³/mol. The second-order valence-corrected chi connectivity index (χ2v) is 8.39. The first-order valence-electron chi connectivity index (χ1n) is 10.8. The number of rotatable bonds is 4. The van der Waals surface area contributed by atoms with E-state index >= 15 is 0 Å². The third kappa shape index (κ3) is 4.34. The molecule has 0 spiro atoms. The minimum atomic E-state index is -4.79. The van der Waals surface area contributed by atoms with Gasteiger partial charge in [-0.1, -0.05) is 12.1 Å². The van der Waals surface area contributed by atoms with Crippen LogP contribution in [0.3, 0.4) is 0 Å². The fourth-order valence-electron chi connectivity index (χ4n) is 4.33. The van der Waals surface area contributed by atoms with Crippen molar-refractivity contribution in [1.29, 1.82) is 0 Å². The fraction of sp³-hybridized carbons (Fsp3) is 0.476. The van der Waals surface area contributed by atoms with Crippen molar-refractivity contribution >= 4 is 17.2 Å². The number of anilines is 2. The lowest BCUT2D eigenvalue weighted by Crippen LogP contribution is -2.35. The number of aromatic nitrogens is 4. The first-order chi connectivity index (χ1) is 15.8. The van der Waals surface area contributed by atoms with E-state index in [1.807, 2.05) is 7.05 Å². The number of hydrogen-bond acceptors (Lipinski definition) is 8. The van der Waals surface area contributed by atoms with Gasteiger partial charge in [0.1, 0.15) is 18.0 Å². The number of fused-ring (bicyclic) bond motifs is 3. The van der Waals surface area contributed by atoms with E-state index in [4.69, 9.17) is 15.6 Å². The molecule has 2 aliphatic rings. The van der Waals surface area contributed by atoms with Crippen LogP contribution in [0, 0.1) is 0 Å². The Morgan fingerprint density at radius 3 is 2.73 bits per heavy atom. The van der Waals surface area contributed by atoms with Crippen molar-refractivity contribution < 1.29 is 22.6 Å². The van der Waals surface area contributed by atoms with Gasteiger partial charge in [0.15, 0.2) is 17.4 Å². The topological polar surface area (TPSA) is 103 Å². The van der Waals surface area contributed by atoms with Crippen molar-refractivity contribution in [1.82, 2.24) is 19.8 Å². The Labute approximate surface area is 187 Å². The maximum atomic E-state index is 12.7. The van der Waals surface area contributed by atoms with Crippen molar-refractivity contribution in [3.8, 4) is 22.9 Å². The summed E-state index contributed by atoms with van der Waals surface area (Å²) in [7, 11) is 1.96. The maximum absolute atomic E-state index is 12.7. The summed E-state index contributed by atoms with van der Waals surface area (Å²) in [5.74, 6) is 1.09. The lowest BCUT2D eigenvalue weighted by Gasteiger charge is -2.32. The minimum Gasteiger partial charge on any atom is -0.486 e. The van der Waals surface area contributed by atoms with E-state index < -0.39 is 6.36 Å². The van der Waals surface area contributed by atoms with E-state index in [0.717, 1.165) is 31.4 Å². The van der Waals surface area contributed by atoms with Crippen LogP contribution in [0.4, 0.5) is 24.7 Å². The van der Waals surface area contributed by atoms with E-state index in [1.54, 1.807) is 6.07 Å². The van der Waals surface area contributed by atoms with Crippen molar-refractivity contribution in [2.24, 2.45) is 5.73 Å². The van der Waals surface area contributed by atoms with Gasteiger partial charge in [0.25, 0.3) is 0 Å². The van der Waals surface area contributed by atoms with Crippen LogP contribution in [0.15, 0.2) is 24.3 Å². The van der Waals surface area contributed by atoms with Gasteiger partial charge < -0.3 is 25.4 Å². The first kappa shape index (κ1) is 21.6. The third-order valence-corrected chi connectivity index (χ3v) is 5.98. The lowest BCUT2D eigenvalue weighted by molar-refractivity contribution is -0.274. The Kier molecular flexibility index (Phi) is 5.39. The molecule has 0 unspecified atom stereocenters. The highest BCUT2D eigenvalue weighted by atomic mass is 19.4. The zero-order chi connectivity index (χ0) is 23.2. The molecule has 176 valence electrons. The molecule has 0 bridgehead atoms. The Balaban J connectivity index is 1.58. The monoisotopic (exact) mass is 463 g/mol. The molecular weight excluding hydrogens is 439 g/mol. The number of nitrogens with zero attached hydrogens (tertiary/aromatic N) is 5. The maximum Gasteiger partial charge on any atom is 0.573 e. The smallest absolute Gasteiger partial charge is 0.486 e. The Bertz CT molecular complexity index is 1160. The molecule has 3 N–H and O–H groups in total. The summed E-state index contributed by atoms with van der Waals surface area (Å²) in [5, 5.41) is 16.7. The third-order valence-electron chi connectivity index (χ3n) is 5.98. The van der Waals surface area contributed by atoms with Gasteiger partial charge in [-0.05, 0) is 37.8 Å². The number of nitrogens with two attached hydrogens (primary N) is 1. The van der Waals surface area contributed by atoms with Crippen LogP contribution < -0.4 is 25.4 Å². The highest BCUT2D eigenvalue weighted by molar-refractivity contribution is 5.82. The predicted octanol–water partition coefficient (Wildman–Crippen LogP) is 3.20. The molecule has 0 atom stereocenters. The van der Waals surface area contributed by atoms with Crippen molar-refractivity contribution in [2.75, 3.05) is 30.4 Å². The second kappa shape index (κ2) is 8.25. The van der Waals surface area contributed by atoms with E-state index in [9.17, 15) is 13.2 Å². The van der Waals surface area contributed by atoms with Crippen LogP contribution in [0.2, 0.25) is 0 Å². The summed E-state index contributed by atoms with van der Waals surface area (Å²) >= 11 is 0. The van der Waals surface area contributed by atoms with E-state index in [0.29, 0.717) is 35.9 Å². The zero-order valence-electron chi connectivity index (χ0n) is 18.0. The standard InChI is InChI=1S/C21H24F3N7O2/c1-30-9-10-32-17-16(30)18(26-14-7-5-13(25)6-8-14)29-31-19(27-28-20(17)31)12-3-2-4-15(11-12)33-21(22,23)24/h2-4,11,13-14H,5-10,25H2,1H3,(H,26,29). The molecule has 2 aromatic heterocycles. The summed E-state index contributed by atoms with van der Waals surface area (Å²) in [6, 6.07) is 6.00. The molecule has 1 saturated carbocycles. The van der Waals surface area contributed by atoms with Gasteiger partial charge >= 0.3 is 6.36 Å². The van der Waals surface area contributed by atoms with Gasteiger partial charge in [-0.3, -0.25) is 0 Å². The molecule has 5 rings (SSSR count). The molecule has 1 fully saturated rings. The van der Waals surface area contributed by atoms with Gasteiger partial charge in [-0.2, -0.15) is 4.52 Å². The Hall–Kier alpha value is -3.28. The summed E-state index contributed by atoms with van der Waals surface area (Å²) in [6.07, 6.45) is -1.09. The average Bonchev–Trinajstić information content (AvgIpc) is 3.18. The molecule has 12 heteroatoms. The van der Waals surface area contributed by atoms with Crippen molar-refractivity contribution in [3.63, 3.8) is 0 Å². The number of nitrogens with one attached hydrogen (secondary N) is 1. The Morgan fingerprint density at radius 2 is 1.97 bits per heavy atom. The van der Waals surface area contributed by atoms with Crippen LogP contribution in [0.5, 0.6) is 11.5 Å². The SMILES string of the molecule is CN1CCOc2c1c(NC1CCC(N)CC1)nn1c(-c3cccc(OC(F)(F)F)c3)nnc21. The summed E-state index contributed by atoms with van der Waals surface area (Å²) in [4.78, 5) is 2.05. The van der Waals surface area contributed by atoms with Gasteiger partial charge in [0.05, 0.1) is 6.54 Å². The average molecular weight is 463 g/mol. The highest BCUT2D eigenvalue weighted by Crippen LogP contribution is 2.41. The molecule has 1 aliphatic carbocycles. The van der Waals surface area contributed by atoms with Crippen molar-refractivity contribution in [3.05, 3.63) is 24.3 Å². The number of likely N-dealkylation sites (N-methyl/N-ethyl adjacent to an activating group) is 1. The minimum absolute atomic E-state index is 0.206. The molecular formula is C21H24F3N7O2. The van der Waals surface area contributed by atoms with Crippen LogP contribution in [-0.2, 0) is 0 Å². The molecule has 1 aliphatic heterocycles. The molecule has 3 aromatic rings. The largest absolute Gasteiger partial charge is 0.573 e. The van der Waals surface area contributed by atoms with Crippen LogP contribution >= 0.6 is 0 Å². The number of alkyl halides is 3. The normalized spacial score (nSPS) is 20.9. The number of hydrogen-bond donors (Lipinski definition) is 2. The zero-order valence-corrected chi connectivity index (χ0v) is 18.0. The second-order valence-electron chi connectivity index (χ2n) is 8.39. The van der Waals surface area contributed by atoms with Gasteiger partial charge in [0.2, 0.25) is 5.65 Å². The number of halogens is 3. The first-order valence-corrected chi connectivity index (χ1v) is 10.8. The fourth-order valence-corrected chi connectivity index (χ4v) is 4.33. The van der Waals surface area contributed by atoms with Gasteiger partial charge in [0, 0.05) is 24.7 Å². The Morgan fingerprint density at radius 1 is 1.18 bits per heavy atom. The van der Waals surface area contributed by atoms with Crippen molar-refractivity contribution in [2.45, 2.75) is 44.1 Å². The molecule has 9 nitrogen and oxygen atoms in total. The van der Waals surface area contributed by atoms with Crippen LogP contribution in [0.25, 0.3) is 17.0 Å². The highest BCUT2D eigenvalue weighted by Gasteiger charge is 2.32.